The van der Waals surface area contributed by atoms with Crippen LogP contribution in [0.2, 0.25) is 0 Å². The molecule has 0 radical (unpaired) electrons. The van der Waals surface area contributed by atoms with E-state index in [0.29, 0.717) is 12.8 Å². The highest BCUT2D eigenvalue weighted by atomic mass is 16.7. The molecular weight excluding hydrogens is 240 g/mol. The molecule has 4 nitrogen and oxygen atoms in total. The molecule has 2 heterocycles. The van der Waals surface area contributed by atoms with Crippen LogP contribution >= 0.6 is 0 Å². The van der Waals surface area contributed by atoms with E-state index < -0.39 is 0 Å². The maximum Gasteiger partial charge on any atom is 0.231 e. The van der Waals surface area contributed by atoms with Crippen molar-refractivity contribution < 1.29 is 9.47 Å². The van der Waals surface area contributed by atoms with E-state index in [2.05, 4.69) is 43.5 Å². The second-order valence-corrected chi connectivity index (χ2v) is 6.17. The van der Waals surface area contributed by atoms with E-state index in [0.717, 1.165) is 36.6 Å². The number of nitrogens with one attached hydrogen (secondary N) is 2. The maximum atomic E-state index is 5.45. The number of anilines is 1. The minimum absolute atomic E-state index is 0.208. The van der Waals surface area contributed by atoms with Gasteiger partial charge in [0.1, 0.15) is 0 Å². The van der Waals surface area contributed by atoms with E-state index in [-0.39, 0.29) is 5.54 Å². The van der Waals surface area contributed by atoms with Gasteiger partial charge in [-0.25, -0.2) is 0 Å². The number of aryl methyl sites for hydroxylation is 1. The van der Waals surface area contributed by atoms with Crippen molar-refractivity contribution in [3.05, 3.63) is 17.7 Å². The molecule has 19 heavy (non-hydrogen) atoms. The predicted octanol–water partition coefficient (Wildman–Crippen LogP) is 2.67. The molecule has 1 fully saturated rings. The highest BCUT2D eigenvalue weighted by Gasteiger charge is 2.27. The summed E-state index contributed by atoms with van der Waals surface area (Å²) in [5, 5.41) is 7.20. The molecule has 2 N–H and O–H groups in total. The Kier molecular flexibility index (Phi) is 3.05. The highest BCUT2D eigenvalue weighted by molar-refractivity contribution is 5.61. The van der Waals surface area contributed by atoms with Crippen LogP contribution in [0.3, 0.4) is 0 Å². The first-order valence-corrected chi connectivity index (χ1v) is 6.95. The van der Waals surface area contributed by atoms with Gasteiger partial charge >= 0.3 is 0 Å². The molecule has 2 aliphatic heterocycles. The predicted molar refractivity (Wildman–Crippen MR) is 76.0 cm³/mol. The Morgan fingerprint density at radius 1 is 1.26 bits per heavy atom. The molecule has 1 unspecified atom stereocenters. The van der Waals surface area contributed by atoms with Gasteiger partial charge in [0.05, 0.1) is 0 Å². The van der Waals surface area contributed by atoms with Crippen LogP contribution in [-0.2, 0) is 0 Å². The van der Waals surface area contributed by atoms with E-state index >= 15 is 0 Å². The fourth-order valence-corrected chi connectivity index (χ4v) is 2.92. The van der Waals surface area contributed by atoms with Crippen LogP contribution in [0.5, 0.6) is 11.5 Å². The van der Waals surface area contributed by atoms with Gasteiger partial charge in [0.25, 0.3) is 0 Å². The van der Waals surface area contributed by atoms with Gasteiger partial charge in [0, 0.05) is 23.3 Å². The standard InChI is InChI=1S/C15H22N2O2/c1-10-6-13-14(19-9-18-13)7-12(10)17-11-4-5-16-15(2,3)8-11/h6-7,11,16-17H,4-5,8-9H2,1-3H3. The van der Waals surface area contributed by atoms with Gasteiger partial charge in [-0.15, -0.1) is 0 Å². The van der Waals surface area contributed by atoms with Crippen molar-refractivity contribution in [3.63, 3.8) is 0 Å². The molecular formula is C15H22N2O2. The largest absolute Gasteiger partial charge is 0.454 e. The summed E-state index contributed by atoms with van der Waals surface area (Å²) in [6, 6.07) is 4.62. The Labute approximate surface area is 114 Å². The average Bonchev–Trinajstić information content (AvgIpc) is 2.75. The third kappa shape index (κ3) is 2.63. The Balaban J connectivity index is 1.76. The molecule has 0 aliphatic carbocycles. The van der Waals surface area contributed by atoms with Gasteiger partial charge in [-0.05, 0) is 51.8 Å². The third-order valence-electron chi connectivity index (χ3n) is 3.93. The van der Waals surface area contributed by atoms with E-state index in [4.69, 9.17) is 9.47 Å². The molecule has 1 aromatic rings. The average molecular weight is 262 g/mol. The third-order valence-corrected chi connectivity index (χ3v) is 3.93. The van der Waals surface area contributed by atoms with E-state index in [1.807, 2.05) is 0 Å². The molecule has 1 atom stereocenters. The van der Waals surface area contributed by atoms with Crippen molar-refractivity contribution in [2.45, 2.75) is 45.2 Å². The van der Waals surface area contributed by atoms with Gasteiger partial charge < -0.3 is 20.1 Å². The lowest BCUT2D eigenvalue weighted by atomic mass is 9.89. The van der Waals surface area contributed by atoms with E-state index in [9.17, 15) is 0 Å². The minimum Gasteiger partial charge on any atom is -0.454 e. The lowest BCUT2D eigenvalue weighted by Crippen LogP contribution is -2.50. The zero-order valence-corrected chi connectivity index (χ0v) is 11.9. The van der Waals surface area contributed by atoms with Crippen molar-refractivity contribution in [1.29, 1.82) is 0 Å². The Morgan fingerprint density at radius 2 is 2.00 bits per heavy atom. The molecule has 1 aromatic carbocycles. The fraction of sp³-hybridized carbons (Fsp3) is 0.600. The Bertz CT molecular complexity index is 485. The molecule has 3 rings (SSSR count). The first-order valence-electron chi connectivity index (χ1n) is 6.95. The van der Waals surface area contributed by atoms with Gasteiger partial charge in [0.2, 0.25) is 6.79 Å². The molecule has 1 saturated heterocycles. The summed E-state index contributed by atoms with van der Waals surface area (Å²) in [7, 11) is 0. The van der Waals surface area contributed by atoms with E-state index in [1.54, 1.807) is 0 Å². The lowest BCUT2D eigenvalue weighted by molar-refractivity contribution is 0.174. The number of hydrogen-bond acceptors (Lipinski definition) is 4. The first kappa shape index (κ1) is 12.6. The van der Waals surface area contributed by atoms with Crippen molar-refractivity contribution in [3.8, 4) is 11.5 Å². The smallest absolute Gasteiger partial charge is 0.231 e. The van der Waals surface area contributed by atoms with Crippen LogP contribution in [0, 0.1) is 6.92 Å². The van der Waals surface area contributed by atoms with Gasteiger partial charge in [-0.3, -0.25) is 0 Å². The van der Waals surface area contributed by atoms with Crippen LogP contribution in [0.25, 0.3) is 0 Å². The fourth-order valence-electron chi connectivity index (χ4n) is 2.92. The summed E-state index contributed by atoms with van der Waals surface area (Å²) in [5.74, 6) is 1.70. The quantitative estimate of drug-likeness (QED) is 0.860. The minimum atomic E-state index is 0.208. The van der Waals surface area contributed by atoms with Crippen LogP contribution < -0.4 is 20.1 Å². The zero-order valence-electron chi connectivity index (χ0n) is 11.9. The summed E-state index contributed by atoms with van der Waals surface area (Å²) in [6.07, 6.45) is 2.28. The van der Waals surface area contributed by atoms with Gasteiger partial charge in [-0.1, -0.05) is 0 Å². The monoisotopic (exact) mass is 262 g/mol. The van der Waals surface area contributed by atoms with Crippen molar-refractivity contribution >= 4 is 5.69 Å². The molecule has 104 valence electrons. The molecule has 0 spiro atoms. The van der Waals surface area contributed by atoms with Crippen LogP contribution in [-0.4, -0.2) is 24.9 Å². The Hall–Kier alpha value is -1.42. The number of rotatable bonds is 2. The first-order chi connectivity index (χ1) is 9.03. The van der Waals surface area contributed by atoms with Crippen molar-refractivity contribution in [1.82, 2.24) is 5.32 Å². The summed E-state index contributed by atoms with van der Waals surface area (Å²) in [6.45, 7) is 8.02. The summed E-state index contributed by atoms with van der Waals surface area (Å²) in [4.78, 5) is 0. The summed E-state index contributed by atoms with van der Waals surface area (Å²) < 4.78 is 10.8. The topological polar surface area (TPSA) is 42.5 Å². The van der Waals surface area contributed by atoms with Crippen molar-refractivity contribution in [2.75, 3.05) is 18.7 Å². The zero-order chi connectivity index (χ0) is 13.5. The van der Waals surface area contributed by atoms with Crippen LogP contribution in [0.1, 0.15) is 32.3 Å². The molecule has 0 saturated carbocycles. The number of fused-ring (bicyclic) bond motifs is 1. The molecule has 0 amide bonds. The molecule has 2 aliphatic rings. The molecule has 0 bridgehead atoms. The van der Waals surface area contributed by atoms with E-state index in [1.165, 1.54) is 5.56 Å². The number of ether oxygens (including phenoxy) is 2. The highest BCUT2D eigenvalue weighted by Crippen LogP contribution is 2.37. The SMILES string of the molecule is Cc1cc2c(cc1NC1CCNC(C)(C)C1)OCO2. The van der Waals surface area contributed by atoms with Crippen LogP contribution in [0.15, 0.2) is 12.1 Å². The normalized spacial score (nSPS) is 24.3. The van der Waals surface area contributed by atoms with Gasteiger partial charge in [-0.2, -0.15) is 0 Å². The second kappa shape index (κ2) is 4.60. The second-order valence-electron chi connectivity index (χ2n) is 6.17. The number of benzene rings is 1. The molecule has 4 heteroatoms. The lowest BCUT2D eigenvalue weighted by Gasteiger charge is -2.37. The van der Waals surface area contributed by atoms with Crippen LogP contribution in [0.4, 0.5) is 5.69 Å². The summed E-state index contributed by atoms with van der Waals surface area (Å²) >= 11 is 0. The maximum absolute atomic E-state index is 5.45. The van der Waals surface area contributed by atoms with Crippen molar-refractivity contribution in [2.24, 2.45) is 0 Å². The molecule has 0 aromatic heterocycles. The number of piperidine rings is 1. The Morgan fingerprint density at radius 3 is 2.74 bits per heavy atom. The van der Waals surface area contributed by atoms with Gasteiger partial charge in [0.15, 0.2) is 11.5 Å². The summed E-state index contributed by atoms with van der Waals surface area (Å²) in [5.41, 5.74) is 2.58. The number of hydrogen-bond donors (Lipinski definition) is 2.